The summed E-state index contributed by atoms with van der Waals surface area (Å²) < 4.78 is 0. The van der Waals surface area contributed by atoms with Crippen LogP contribution in [-0.2, 0) is 11.2 Å². The number of carbonyl (C=O) groups excluding carboxylic acids is 2. The lowest BCUT2D eigenvalue weighted by atomic mass is 10.1. The molecule has 0 bridgehead atoms. The van der Waals surface area contributed by atoms with Gasteiger partial charge in [-0.05, 0) is 49.6 Å². The van der Waals surface area contributed by atoms with Crippen LogP contribution >= 0.6 is 11.3 Å². The number of hydrogen-bond acceptors (Lipinski definition) is 3. The Bertz CT molecular complexity index is 700. The van der Waals surface area contributed by atoms with Gasteiger partial charge in [0.1, 0.15) is 0 Å². The third-order valence-electron chi connectivity index (χ3n) is 3.99. The first-order chi connectivity index (χ1) is 11.1. The van der Waals surface area contributed by atoms with E-state index < -0.39 is 0 Å². The van der Waals surface area contributed by atoms with E-state index in [0.29, 0.717) is 11.3 Å². The fourth-order valence-electron chi connectivity index (χ4n) is 2.71. The second-order valence-corrected chi connectivity index (χ2v) is 7.11. The van der Waals surface area contributed by atoms with Crippen LogP contribution in [0.15, 0.2) is 36.4 Å². The van der Waals surface area contributed by atoms with Crippen LogP contribution in [0.5, 0.6) is 0 Å². The molecule has 1 N–H and O–H groups in total. The Morgan fingerprint density at radius 1 is 1.09 bits per heavy atom. The van der Waals surface area contributed by atoms with Crippen molar-refractivity contribution in [1.29, 1.82) is 0 Å². The molecule has 120 valence electrons. The highest BCUT2D eigenvalue weighted by Crippen LogP contribution is 2.18. The van der Waals surface area contributed by atoms with E-state index in [2.05, 4.69) is 5.32 Å². The minimum absolute atomic E-state index is 0.0935. The summed E-state index contributed by atoms with van der Waals surface area (Å²) in [5, 5.41) is 2.88. The van der Waals surface area contributed by atoms with Crippen LogP contribution in [0, 0.1) is 6.92 Å². The highest BCUT2D eigenvalue weighted by Gasteiger charge is 2.17. The van der Waals surface area contributed by atoms with Gasteiger partial charge in [-0.1, -0.05) is 12.1 Å². The molecule has 5 heteroatoms. The van der Waals surface area contributed by atoms with E-state index in [1.807, 2.05) is 48.2 Å². The van der Waals surface area contributed by atoms with E-state index >= 15 is 0 Å². The summed E-state index contributed by atoms with van der Waals surface area (Å²) in [5.41, 5.74) is 1.73. The number of aryl methyl sites for hydroxylation is 1. The lowest BCUT2D eigenvalue weighted by molar-refractivity contribution is -0.129. The molecule has 0 aliphatic carbocycles. The summed E-state index contributed by atoms with van der Waals surface area (Å²) in [4.78, 5) is 28.0. The molecule has 2 amide bonds. The smallest absolute Gasteiger partial charge is 0.265 e. The Kier molecular flexibility index (Phi) is 4.76. The molecular formula is C18H20N2O2S. The fraction of sp³-hybridized carbons (Fsp3) is 0.333. The van der Waals surface area contributed by atoms with Crippen LogP contribution in [0.2, 0.25) is 0 Å². The number of carbonyl (C=O) groups is 2. The molecule has 0 saturated carbocycles. The average molecular weight is 328 g/mol. The largest absolute Gasteiger partial charge is 0.342 e. The zero-order valence-electron chi connectivity index (χ0n) is 13.2. The maximum atomic E-state index is 12.1. The molecule has 0 atom stereocenters. The molecule has 1 saturated heterocycles. The molecule has 2 heterocycles. The van der Waals surface area contributed by atoms with Crippen LogP contribution in [0.4, 0.5) is 5.69 Å². The summed E-state index contributed by atoms with van der Waals surface area (Å²) >= 11 is 1.48. The normalized spacial score (nSPS) is 14.0. The third-order valence-corrected chi connectivity index (χ3v) is 4.99. The Hall–Kier alpha value is -2.14. The minimum atomic E-state index is -0.0935. The van der Waals surface area contributed by atoms with Gasteiger partial charge >= 0.3 is 0 Å². The summed E-state index contributed by atoms with van der Waals surface area (Å²) in [6.45, 7) is 3.74. The molecular weight excluding hydrogens is 308 g/mol. The van der Waals surface area contributed by atoms with Crippen molar-refractivity contribution in [3.63, 3.8) is 0 Å². The lowest BCUT2D eigenvalue weighted by Crippen LogP contribution is -2.29. The molecule has 1 fully saturated rings. The molecule has 0 radical (unpaired) electrons. The van der Waals surface area contributed by atoms with Crippen LogP contribution < -0.4 is 5.32 Å². The van der Waals surface area contributed by atoms with E-state index in [-0.39, 0.29) is 11.8 Å². The predicted octanol–water partition coefficient (Wildman–Crippen LogP) is 3.47. The molecule has 1 aromatic carbocycles. The lowest BCUT2D eigenvalue weighted by Gasteiger charge is -2.15. The molecule has 0 unspecified atom stereocenters. The van der Waals surface area contributed by atoms with Crippen molar-refractivity contribution in [3.8, 4) is 0 Å². The first-order valence-corrected chi connectivity index (χ1v) is 8.68. The Morgan fingerprint density at radius 3 is 2.39 bits per heavy atom. The van der Waals surface area contributed by atoms with E-state index in [9.17, 15) is 9.59 Å². The maximum absolute atomic E-state index is 12.1. The van der Waals surface area contributed by atoms with Crippen molar-refractivity contribution in [2.45, 2.75) is 26.2 Å². The topological polar surface area (TPSA) is 49.4 Å². The zero-order chi connectivity index (χ0) is 16.2. The predicted molar refractivity (Wildman–Crippen MR) is 93.0 cm³/mol. The van der Waals surface area contributed by atoms with Crippen molar-refractivity contribution < 1.29 is 9.59 Å². The number of rotatable bonds is 4. The minimum Gasteiger partial charge on any atom is -0.342 e. The van der Waals surface area contributed by atoms with Gasteiger partial charge in [0.25, 0.3) is 5.91 Å². The van der Waals surface area contributed by atoms with Crippen molar-refractivity contribution in [2.75, 3.05) is 18.4 Å². The monoisotopic (exact) mass is 328 g/mol. The number of benzene rings is 1. The third kappa shape index (κ3) is 3.99. The number of likely N-dealkylation sites (tertiary alicyclic amines) is 1. The summed E-state index contributed by atoms with van der Waals surface area (Å²) in [6.07, 6.45) is 2.65. The van der Waals surface area contributed by atoms with Gasteiger partial charge in [0.05, 0.1) is 11.3 Å². The van der Waals surface area contributed by atoms with Crippen LogP contribution in [-0.4, -0.2) is 29.8 Å². The molecule has 1 aliphatic rings. The molecule has 1 aromatic heterocycles. The molecule has 23 heavy (non-hydrogen) atoms. The van der Waals surface area contributed by atoms with Gasteiger partial charge in [-0.25, -0.2) is 0 Å². The number of nitrogens with zero attached hydrogens (tertiary/aromatic N) is 1. The average Bonchev–Trinajstić information content (AvgIpc) is 3.20. The molecule has 4 nitrogen and oxygen atoms in total. The highest BCUT2D eigenvalue weighted by atomic mass is 32.1. The van der Waals surface area contributed by atoms with Gasteiger partial charge in [-0.15, -0.1) is 11.3 Å². The van der Waals surface area contributed by atoms with Crippen molar-refractivity contribution in [2.24, 2.45) is 0 Å². The van der Waals surface area contributed by atoms with E-state index in [4.69, 9.17) is 0 Å². The van der Waals surface area contributed by atoms with Gasteiger partial charge in [0, 0.05) is 23.7 Å². The zero-order valence-corrected chi connectivity index (χ0v) is 14.0. The van der Waals surface area contributed by atoms with E-state index in [0.717, 1.165) is 42.1 Å². The molecule has 3 rings (SSSR count). The Morgan fingerprint density at radius 2 is 1.78 bits per heavy atom. The molecule has 0 spiro atoms. The summed E-state index contributed by atoms with van der Waals surface area (Å²) in [7, 11) is 0. The first-order valence-electron chi connectivity index (χ1n) is 7.86. The number of anilines is 1. The quantitative estimate of drug-likeness (QED) is 0.934. The molecule has 1 aliphatic heterocycles. The van der Waals surface area contributed by atoms with Gasteiger partial charge in [-0.3, -0.25) is 9.59 Å². The second kappa shape index (κ2) is 6.96. The summed E-state index contributed by atoms with van der Waals surface area (Å²) in [5.74, 6) is 0.0948. The van der Waals surface area contributed by atoms with Gasteiger partial charge in [0.15, 0.2) is 0 Å². The van der Waals surface area contributed by atoms with Gasteiger partial charge < -0.3 is 10.2 Å². The van der Waals surface area contributed by atoms with Crippen molar-refractivity contribution in [1.82, 2.24) is 4.90 Å². The fourth-order valence-corrected chi connectivity index (χ4v) is 3.47. The van der Waals surface area contributed by atoms with E-state index in [1.165, 1.54) is 11.3 Å². The number of amides is 2. The van der Waals surface area contributed by atoms with Crippen LogP contribution in [0.3, 0.4) is 0 Å². The first kappa shape index (κ1) is 15.7. The SMILES string of the molecule is Cc1ccc(C(=O)Nc2ccc(CC(=O)N3CCCC3)cc2)s1. The standard InChI is InChI=1S/C18H20N2O2S/c1-13-4-9-16(23-13)18(22)19-15-7-5-14(6-8-15)12-17(21)20-10-2-3-11-20/h4-9H,2-3,10-12H2,1H3,(H,19,22). The second-order valence-electron chi connectivity index (χ2n) is 5.83. The Balaban J connectivity index is 1.58. The highest BCUT2D eigenvalue weighted by molar-refractivity contribution is 7.14. The van der Waals surface area contributed by atoms with Crippen LogP contribution in [0.1, 0.15) is 33.0 Å². The van der Waals surface area contributed by atoms with E-state index in [1.54, 1.807) is 0 Å². The van der Waals surface area contributed by atoms with Gasteiger partial charge in [0.2, 0.25) is 5.91 Å². The number of nitrogens with one attached hydrogen (secondary N) is 1. The summed E-state index contributed by atoms with van der Waals surface area (Å²) in [6, 6.07) is 11.3. The van der Waals surface area contributed by atoms with Crippen LogP contribution in [0.25, 0.3) is 0 Å². The Labute approximate surface area is 140 Å². The van der Waals surface area contributed by atoms with Crippen molar-refractivity contribution in [3.05, 3.63) is 51.7 Å². The number of hydrogen-bond donors (Lipinski definition) is 1. The van der Waals surface area contributed by atoms with Crippen molar-refractivity contribution >= 4 is 28.8 Å². The maximum Gasteiger partial charge on any atom is 0.265 e. The molecule has 2 aromatic rings. The number of thiophene rings is 1. The van der Waals surface area contributed by atoms with Gasteiger partial charge in [-0.2, -0.15) is 0 Å².